The van der Waals surface area contributed by atoms with Crippen molar-refractivity contribution in [3.05, 3.63) is 23.8 Å². The zero-order valence-electron chi connectivity index (χ0n) is 11.2. The number of carbonyl (C=O) groups is 2. The van der Waals surface area contributed by atoms with Gasteiger partial charge in [-0.25, -0.2) is 0 Å². The second-order valence-corrected chi connectivity index (χ2v) is 4.48. The molecule has 5 nitrogen and oxygen atoms in total. The molecule has 0 aliphatic carbocycles. The highest BCUT2D eigenvalue weighted by atomic mass is 16.3. The van der Waals surface area contributed by atoms with Gasteiger partial charge >= 0.3 is 0 Å². The molecule has 0 saturated heterocycles. The Labute approximate surface area is 112 Å². The molecular weight excluding hydrogens is 246 g/mol. The maximum absolute atomic E-state index is 11.9. The number of benzene rings is 1. The Morgan fingerprint density at radius 2 is 1.89 bits per heavy atom. The van der Waals surface area contributed by atoms with Crippen molar-refractivity contribution in [2.24, 2.45) is 0 Å². The number of aromatic hydroxyl groups is 2. The number of unbranched alkanes of at least 4 members (excludes halogenated alkanes) is 1. The van der Waals surface area contributed by atoms with Gasteiger partial charge in [0, 0.05) is 19.0 Å². The van der Waals surface area contributed by atoms with Crippen LogP contribution in [0.2, 0.25) is 0 Å². The van der Waals surface area contributed by atoms with Crippen LogP contribution >= 0.6 is 0 Å². The molecule has 19 heavy (non-hydrogen) atoms. The number of hydrogen-bond donors (Lipinski definition) is 2. The van der Waals surface area contributed by atoms with Gasteiger partial charge in [-0.1, -0.05) is 13.3 Å². The molecular formula is C14H19NO4. The molecule has 0 heterocycles. The first-order valence-corrected chi connectivity index (χ1v) is 6.24. The van der Waals surface area contributed by atoms with Crippen molar-refractivity contribution < 1.29 is 19.8 Å². The zero-order chi connectivity index (χ0) is 14.4. The van der Waals surface area contributed by atoms with Crippen LogP contribution in [0.15, 0.2) is 18.2 Å². The van der Waals surface area contributed by atoms with E-state index in [-0.39, 0.29) is 35.3 Å². The fourth-order valence-electron chi connectivity index (χ4n) is 1.61. The Hall–Kier alpha value is -2.04. The smallest absolute Gasteiger partial charge is 0.222 e. The van der Waals surface area contributed by atoms with Crippen LogP contribution in [-0.2, 0) is 4.79 Å². The molecule has 0 saturated carbocycles. The molecule has 1 amide bonds. The lowest BCUT2D eigenvalue weighted by Gasteiger charge is -2.16. The van der Waals surface area contributed by atoms with Crippen molar-refractivity contribution in [3.8, 4) is 11.5 Å². The van der Waals surface area contributed by atoms with Crippen LogP contribution in [0.5, 0.6) is 11.5 Å². The van der Waals surface area contributed by atoms with Crippen molar-refractivity contribution in [2.75, 3.05) is 13.6 Å². The van der Waals surface area contributed by atoms with E-state index in [0.29, 0.717) is 6.42 Å². The summed E-state index contributed by atoms with van der Waals surface area (Å²) in [5, 5.41) is 18.5. The summed E-state index contributed by atoms with van der Waals surface area (Å²) >= 11 is 0. The predicted molar refractivity (Wildman–Crippen MR) is 71.3 cm³/mol. The molecule has 0 bridgehead atoms. The molecule has 0 aliphatic heterocycles. The van der Waals surface area contributed by atoms with E-state index in [4.69, 9.17) is 5.11 Å². The second kappa shape index (κ2) is 6.78. The monoisotopic (exact) mass is 265 g/mol. The number of ketones is 1. The van der Waals surface area contributed by atoms with Gasteiger partial charge in [-0.05, 0) is 24.6 Å². The van der Waals surface area contributed by atoms with Gasteiger partial charge in [-0.15, -0.1) is 0 Å². The molecule has 104 valence electrons. The molecule has 1 aromatic carbocycles. The third-order valence-electron chi connectivity index (χ3n) is 2.85. The molecule has 2 N–H and O–H groups in total. The Kier molecular flexibility index (Phi) is 5.36. The SMILES string of the molecule is CCCCC(=O)N(C)CC(=O)c1ccc(O)c(O)c1. The molecule has 0 atom stereocenters. The minimum absolute atomic E-state index is 0.0350. The van der Waals surface area contributed by atoms with Gasteiger partial charge < -0.3 is 15.1 Å². The largest absolute Gasteiger partial charge is 0.504 e. The van der Waals surface area contributed by atoms with E-state index in [0.717, 1.165) is 12.8 Å². The molecule has 0 unspecified atom stereocenters. The van der Waals surface area contributed by atoms with Crippen LogP contribution in [0.3, 0.4) is 0 Å². The van der Waals surface area contributed by atoms with E-state index in [1.165, 1.54) is 23.1 Å². The molecule has 0 aliphatic rings. The van der Waals surface area contributed by atoms with Gasteiger partial charge in [-0.3, -0.25) is 9.59 Å². The number of Topliss-reactive ketones (excluding diaryl/α,β-unsaturated/α-hetero) is 1. The number of hydrogen-bond acceptors (Lipinski definition) is 4. The highest BCUT2D eigenvalue weighted by Gasteiger charge is 2.15. The first-order valence-electron chi connectivity index (χ1n) is 6.24. The van der Waals surface area contributed by atoms with E-state index >= 15 is 0 Å². The number of phenolic OH excluding ortho intramolecular Hbond substituents is 2. The summed E-state index contributed by atoms with van der Waals surface area (Å²) in [6, 6.07) is 3.87. The maximum Gasteiger partial charge on any atom is 0.222 e. The van der Waals surface area contributed by atoms with Crippen LogP contribution in [0.4, 0.5) is 0 Å². The van der Waals surface area contributed by atoms with Gasteiger partial charge in [0.25, 0.3) is 0 Å². The fourth-order valence-corrected chi connectivity index (χ4v) is 1.61. The van der Waals surface area contributed by atoms with Crippen molar-refractivity contribution in [3.63, 3.8) is 0 Å². The molecule has 0 spiro atoms. The Morgan fingerprint density at radius 1 is 1.21 bits per heavy atom. The van der Waals surface area contributed by atoms with E-state index in [2.05, 4.69) is 0 Å². The lowest BCUT2D eigenvalue weighted by molar-refractivity contribution is -0.129. The third-order valence-corrected chi connectivity index (χ3v) is 2.85. The lowest BCUT2D eigenvalue weighted by Crippen LogP contribution is -2.31. The van der Waals surface area contributed by atoms with Crippen molar-refractivity contribution in [1.29, 1.82) is 0 Å². The minimum Gasteiger partial charge on any atom is -0.504 e. The molecule has 1 rings (SSSR count). The summed E-state index contributed by atoms with van der Waals surface area (Å²) in [5.41, 5.74) is 0.269. The summed E-state index contributed by atoms with van der Waals surface area (Å²) in [6.45, 7) is 1.96. The number of carbonyl (C=O) groups excluding carboxylic acids is 2. The number of rotatable bonds is 6. The number of amides is 1. The third kappa shape index (κ3) is 4.28. The molecule has 5 heteroatoms. The normalized spacial score (nSPS) is 10.2. The van der Waals surface area contributed by atoms with E-state index in [9.17, 15) is 14.7 Å². The van der Waals surface area contributed by atoms with Crippen LogP contribution in [0.25, 0.3) is 0 Å². The summed E-state index contributed by atoms with van der Waals surface area (Å²) in [7, 11) is 1.58. The fraction of sp³-hybridized carbons (Fsp3) is 0.429. The van der Waals surface area contributed by atoms with E-state index in [1.54, 1.807) is 7.05 Å². The van der Waals surface area contributed by atoms with Gasteiger partial charge in [0.05, 0.1) is 6.54 Å². The van der Waals surface area contributed by atoms with Gasteiger partial charge in [0.2, 0.25) is 5.91 Å². The topological polar surface area (TPSA) is 77.8 Å². The highest BCUT2D eigenvalue weighted by Crippen LogP contribution is 2.25. The number of nitrogens with zero attached hydrogens (tertiary/aromatic N) is 1. The highest BCUT2D eigenvalue weighted by molar-refractivity contribution is 5.99. The summed E-state index contributed by atoms with van der Waals surface area (Å²) in [4.78, 5) is 25.0. The van der Waals surface area contributed by atoms with E-state index < -0.39 is 0 Å². The van der Waals surface area contributed by atoms with Gasteiger partial charge in [0.15, 0.2) is 17.3 Å². The molecule has 0 aromatic heterocycles. The van der Waals surface area contributed by atoms with Crippen LogP contribution in [0, 0.1) is 0 Å². The van der Waals surface area contributed by atoms with Gasteiger partial charge in [0.1, 0.15) is 0 Å². The summed E-state index contributed by atoms with van der Waals surface area (Å²) in [5.74, 6) is -0.962. The van der Waals surface area contributed by atoms with Crippen molar-refractivity contribution in [2.45, 2.75) is 26.2 Å². The minimum atomic E-state index is -0.342. The zero-order valence-corrected chi connectivity index (χ0v) is 11.2. The van der Waals surface area contributed by atoms with Gasteiger partial charge in [-0.2, -0.15) is 0 Å². The van der Waals surface area contributed by atoms with Crippen LogP contribution < -0.4 is 0 Å². The van der Waals surface area contributed by atoms with Crippen molar-refractivity contribution >= 4 is 11.7 Å². The number of phenols is 2. The quantitative estimate of drug-likeness (QED) is 0.608. The maximum atomic E-state index is 11.9. The Morgan fingerprint density at radius 3 is 2.47 bits per heavy atom. The molecule has 1 aromatic rings. The lowest BCUT2D eigenvalue weighted by atomic mass is 10.1. The van der Waals surface area contributed by atoms with Crippen molar-refractivity contribution in [1.82, 2.24) is 4.90 Å². The Bertz CT molecular complexity index is 471. The van der Waals surface area contributed by atoms with Crippen LogP contribution in [0.1, 0.15) is 36.5 Å². The number of likely N-dealkylation sites (N-methyl/N-ethyl adjacent to an activating group) is 1. The Balaban J connectivity index is 2.63. The first kappa shape index (κ1) is 15.0. The predicted octanol–water partition coefficient (Wildman–Crippen LogP) is 1.93. The first-order chi connectivity index (χ1) is 8.95. The van der Waals surface area contributed by atoms with E-state index in [1.807, 2.05) is 6.92 Å². The summed E-state index contributed by atoms with van der Waals surface area (Å²) in [6.07, 6.45) is 2.16. The average Bonchev–Trinajstić information content (AvgIpc) is 2.38. The standard InChI is InChI=1S/C14H19NO4/c1-3-4-5-14(19)15(2)9-13(18)10-6-7-11(16)12(17)8-10/h6-8,16-17H,3-5,9H2,1-2H3. The molecule has 0 radical (unpaired) electrons. The van der Waals surface area contributed by atoms with Crippen LogP contribution in [-0.4, -0.2) is 40.4 Å². The summed E-state index contributed by atoms with van der Waals surface area (Å²) < 4.78 is 0. The average molecular weight is 265 g/mol. The second-order valence-electron chi connectivity index (χ2n) is 4.48. The molecule has 0 fully saturated rings.